The zero-order valence-corrected chi connectivity index (χ0v) is 8.83. The molecule has 4 nitrogen and oxygen atoms in total. The van der Waals surface area contributed by atoms with Crippen molar-refractivity contribution < 1.29 is 18.7 Å². The van der Waals surface area contributed by atoms with Gasteiger partial charge in [0.1, 0.15) is 18.1 Å². The van der Waals surface area contributed by atoms with E-state index in [0.29, 0.717) is 5.69 Å². The van der Waals surface area contributed by atoms with Gasteiger partial charge in [-0.3, -0.25) is 14.5 Å². The number of ether oxygens (including phenoxy) is 1. The predicted molar refractivity (Wildman–Crippen MR) is 55.1 cm³/mol. The molecule has 1 amide bonds. The van der Waals surface area contributed by atoms with Crippen LogP contribution in [0.2, 0.25) is 0 Å². The Kier molecular flexibility index (Phi) is 2.78. The van der Waals surface area contributed by atoms with E-state index in [0.717, 1.165) is 6.07 Å². The molecule has 84 valence electrons. The number of carbonyl (C=O) groups is 2. The Balaban J connectivity index is 2.40. The van der Waals surface area contributed by atoms with E-state index in [2.05, 4.69) is 0 Å². The van der Waals surface area contributed by atoms with Gasteiger partial charge in [-0.2, -0.15) is 0 Å². The summed E-state index contributed by atoms with van der Waals surface area (Å²) in [5.41, 5.74) is 0.353. The second kappa shape index (κ2) is 4.09. The molecule has 0 radical (unpaired) electrons. The number of rotatable bonds is 2. The fraction of sp³-hybridized carbons (Fsp3) is 0.200. The molecule has 1 aliphatic heterocycles. The largest absolute Gasteiger partial charge is 0.481 e. The summed E-state index contributed by atoms with van der Waals surface area (Å²) < 4.78 is 17.9. The van der Waals surface area contributed by atoms with Crippen LogP contribution in [-0.2, 0) is 9.59 Å². The summed E-state index contributed by atoms with van der Waals surface area (Å²) in [6.45, 7) is -0.469. The maximum Gasteiger partial charge on any atom is 0.265 e. The van der Waals surface area contributed by atoms with Crippen molar-refractivity contribution in [3.63, 3.8) is 0 Å². The molecule has 1 aromatic rings. The highest BCUT2D eigenvalue weighted by atomic mass is 35.5. The molecule has 0 saturated carbocycles. The Morgan fingerprint density at radius 3 is 3.00 bits per heavy atom. The quantitative estimate of drug-likeness (QED) is 0.736. The van der Waals surface area contributed by atoms with Crippen LogP contribution in [0.1, 0.15) is 0 Å². The molecule has 0 unspecified atom stereocenters. The number of hydrogen-bond donors (Lipinski definition) is 0. The van der Waals surface area contributed by atoms with Gasteiger partial charge in [-0.1, -0.05) is 0 Å². The molecule has 1 aromatic carbocycles. The summed E-state index contributed by atoms with van der Waals surface area (Å²) in [6, 6.07) is 3.72. The van der Waals surface area contributed by atoms with E-state index in [4.69, 9.17) is 16.3 Å². The number of carbonyl (C=O) groups excluding carboxylic acids is 2. The smallest absolute Gasteiger partial charge is 0.265 e. The molecule has 0 atom stereocenters. The van der Waals surface area contributed by atoms with Crippen LogP contribution in [0.15, 0.2) is 18.2 Å². The monoisotopic (exact) mass is 243 g/mol. The second-order valence-corrected chi connectivity index (χ2v) is 3.66. The summed E-state index contributed by atoms with van der Waals surface area (Å²) in [5.74, 6) is -0.615. The highest BCUT2D eigenvalue weighted by Gasteiger charge is 2.26. The van der Waals surface area contributed by atoms with E-state index >= 15 is 0 Å². The lowest BCUT2D eigenvalue weighted by Crippen LogP contribution is -2.41. The Labute approximate surface area is 95.6 Å². The molecule has 0 fully saturated rings. The van der Waals surface area contributed by atoms with Gasteiger partial charge >= 0.3 is 0 Å². The van der Waals surface area contributed by atoms with Crippen LogP contribution in [0.3, 0.4) is 0 Å². The van der Waals surface area contributed by atoms with E-state index in [1.54, 1.807) is 0 Å². The maximum atomic E-state index is 12.9. The number of fused-ring (bicyclic) bond motifs is 1. The average Bonchev–Trinajstić information content (AvgIpc) is 2.22. The summed E-state index contributed by atoms with van der Waals surface area (Å²) in [7, 11) is 0. The lowest BCUT2D eigenvalue weighted by Gasteiger charge is -2.28. The first-order valence-corrected chi connectivity index (χ1v) is 4.87. The van der Waals surface area contributed by atoms with Crippen LogP contribution in [-0.4, -0.2) is 24.3 Å². The van der Waals surface area contributed by atoms with Crippen molar-refractivity contribution in [3.05, 3.63) is 24.0 Å². The van der Waals surface area contributed by atoms with Crippen molar-refractivity contribution in [1.29, 1.82) is 0 Å². The number of hydrogen-bond acceptors (Lipinski definition) is 3. The van der Waals surface area contributed by atoms with Gasteiger partial charge in [0.25, 0.3) is 5.91 Å². The first-order chi connectivity index (χ1) is 7.58. The van der Waals surface area contributed by atoms with Crippen molar-refractivity contribution in [2.24, 2.45) is 0 Å². The van der Waals surface area contributed by atoms with Gasteiger partial charge in [0.15, 0.2) is 6.61 Å². The van der Waals surface area contributed by atoms with Crippen LogP contribution < -0.4 is 9.64 Å². The number of anilines is 1. The van der Waals surface area contributed by atoms with E-state index in [1.165, 1.54) is 17.0 Å². The molecule has 0 aromatic heterocycles. The average molecular weight is 244 g/mol. The van der Waals surface area contributed by atoms with Gasteiger partial charge < -0.3 is 4.74 Å². The summed E-state index contributed by atoms with van der Waals surface area (Å²) in [5, 5.41) is -0.662. The van der Waals surface area contributed by atoms with Crippen molar-refractivity contribution in [1.82, 2.24) is 0 Å². The van der Waals surface area contributed by atoms with Gasteiger partial charge in [0, 0.05) is 6.07 Å². The zero-order valence-electron chi connectivity index (χ0n) is 8.07. The van der Waals surface area contributed by atoms with Crippen molar-refractivity contribution in [2.45, 2.75) is 0 Å². The van der Waals surface area contributed by atoms with E-state index in [-0.39, 0.29) is 24.8 Å². The first kappa shape index (κ1) is 10.9. The van der Waals surface area contributed by atoms with Crippen LogP contribution in [0.5, 0.6) is 5.75 Å². The van der Waals surface area contributed by atoms with Crippen LogP contribution in [0.25, 0.3) is 0 Å². The molecule has 0 N–H and O–H groups in total. The van der Waals surface area contributed by atoms with Crippen molar-refractivity contribution >= 4 is 28.4 Å². The topological polar surface area (TPSA) is 46.6 Å². The molecule has 1 heterocycles. The standard InChI is InChI=1S/C10H7ClFNO3/c11-9(14)4-13-7-2-1-6(12)3-8(7)16-5-10(13)15/h1-3H,4-5H2. The molecule has 0 aliphatic carbocycles. The SMILES string of the molecule is O=C(Cl)CN1C(=O)COc2cc(F)ccc21. The summed E-state index contributed by atoms with van der Waals surface area (Å²) in [4.78, 5) is 23.4. The van der Waals surface area contributed by atoms with Gasteiger partial charge in [-0.15, -0.1) is 0 Å². The van der Waals surface area contributed by atoms with Gasteiger partial charge in [-0.05, 0) is 23.7 Å². The number of benzene rings is 1. The highest BCUT2D eigenvalue weighted by Crippen LogP contribution is 2.32. The third-order valence-electron chi connectivity index (χ3n) is 2.15. The lowest BCUT2D eigenvalue weighted by atomic mass is 10.2. The molecule has 6 heteroatoms. The summed E-state index contributed by atoms with van der Waals surface area (Å²) in [6.07, 6.45) is 0. The van der Waals surface area contributed by atoms with E-state index < -0.39 is 11.1 Å². The minimum Gasteiger partial charge on any atom is -0.481 e. The molecule has 2 rings (SSSR count). The van der Waals surface area contributed by atoms with E-state index in [1.807, 2.05) is 0 Å². The highest BCUT2D eigenvalue weighted by molar-refractivity contribution is 6.64. The molecular weight excluding hydrogens is 237 g/mol. The van der Waals surface area contributed by atoms with Crippen molar-refractivity contribution in [3.8, 4) is 5.75 Å². The van der Waals surface area contributed by atoms with Gasteiger partial charge in [0.05, 0.1) is 5.69 Å². The predicted octanol–water partition coefficient (Wildman–Crippen LogP) is 1.32. The molecule has 16 heavy (non-hydrogen) atoms. The minimum absolute atomic E-state index is 0.222. The fourth-order valence-corrected chi connectivity index (χ4v) is 1.60. The van der Waals surface area contributed by atoms with E-state index in [9.17, 15) is 14.0 Å². The Morgan fingerprint density at radius 1 is 1.56 bits per heavy atom. The normalized spacial score (nSPS) is 14.4. The Hall–Kier alpha value is -1.62. The molecule has 1 aliphatic rings. The molecule has 0 bridgehead atoms. The molecule has 0 saturated heterocycles. The first-order valence-electron chi connectivity index (χ1n) is 4.49. The number of nitrogens with zero attached hydrogens (tertiary/aromatic N) is 1. The summed E-state index contributed by atoms with van der Waals surface area (Å²) >= 11 is 5.23. The Morgan fingerprint density at radius 2 is 2.31 bits per heavy atom. The van der Waals surface area contributed by atoms with Crippen molar-refractivity contribution in [2.75, 3.05) is 18.1 Å². The number of amides is 1. The third-order valence-corrected chi connectivity index (χ3v) is 2.27. The van der Waals surface area contributed by atoms with Crippen LogP contribution >= 0.6 is 11.6 Å². The fourth-order valence-electron chi connectivity index (χ4n) is 1.48. The second-order valence-electron chi connectivity index (χ2n) is 3.24. The number of halogens is 2. The van der Waals surface area contributed by atoms with Gasteiger partial charge in [-0.25, -0.2) is 4.39 Å². The third kappa shape index (κ3) is 1.99. The van der Waals surface area contributed by atoms with Crippen LogP contribution in [0, 0.1) is 5.82 Å². The zero-order chi connectivity index (χ0) is 11.7. The maximum absolute atomic E-state index is 12.9. The molecule has 0 spiro atoms. The molecular formula is C10H7ClFNO3. The lowest BCUT2D eigenvalue weighted by molar-refractivity contribution is -0.122. The van der Waals surface area contributed by atoms with Crippen LogP contribution in [0.4, 0.5) is 10.1 Å². The minimum atomic E-state index is -0.662. The van der Waals surface area contributed by atoms with Gasteiger partial charge in [0.2, 0.25) is 5.24 Å². The Bertz CT molecular complexity index is 463.